The van der Waals surface area contributed by atoms with Crippen LogP contribution in [0.3, 0.4) is 0 Å². The zero-order valence-electron chi connectivity index (χ0n) is 8.07. The molecule has 1 aromatic rings. The first-order chi connectivity index (χ1) is 6.33. The van der Waals surface area contributed by atoms with Gasteiger partial charge in [0.1, 0.15) is 10.8 Å². The molecule has 0 heterocycles. The van der Waals surface area contributed by atoms with Crippen molar-refractivity contribution >= 4 is 16.8 Å². The second kappa shape index (κ2) is 4.92. The number of benzene rings is 1. The van der Waals surface area contributed by atoms with Crippen LogP contribution in [0.2, 0.25) is 0 Å². The molecule has 0 aliphatic heterocycles. The van der Waals surface area contributed by atoms with Crippen LogP contribution in [0.4, 0.5) is 0 Å². The molecule has 0 unspecified atom stereocenters. The van der Waals surface area contributed by atoms with E-state index in [0.29, 0.717) is 0 Å². The molecule has 0 aliphatic rings. The van der Waals surface area contributed by atoms with E-state index in [2.05, 4.69) is 4.99 Å². The molecule has 0 fully saturated rings. The van der Waals surface area contributed by atoms with Crippen LogP contribution < -0.4 is 4.74 Å². The van der Waals surface area contributed by atoms with Crippen LogP contribution in [0.5, 0.6) is 5.75 Å². The number of rotatable bonds is 2. The van der Waals surface area contributed by atoms with Crippen molar-refractivity contribution in [1.82, 2.24) is 0 Å². The molecular weight excluding hydrogens is 182 g/mol. The van der Waals surface area contributed by atoms with Gasteiger partial charge in [-0.05, 0) is 18.4 Å². The number of hydrogen-bond acceptors (Lipinski definition) is 3. The number of hydrogen-bond donors (Lipinski definition) is 0. The van der Waals surface area contributed by atoms with Crippen LogP contribution in [0.1, 0.15) is 5.56 Å². The Morgan fingerprint density at radius 2 is 2.08 bits per heavy atom. The van der Waals surface area contributed by atoms with Crippen LogP contribution in [0.25, 0.3) is 0 Å². The van der Waals surface area contributed by atoms with Crippen molar-refractivity contribution in [1.29, 1.82) is 0 Å². The van der Waals surface area contributed by atoms with Gasteiger partial charge in [0.05, 0.1) is 7.11 Å². The minimum Gasteiger partial charge on any atom is -0.496 e. The fraction of sp³-hybridized carbons (Fsp3) is 0.300. The summed E-state index contributed by atoms with van der Waals surface area (Å²) in [6, 6.07) is 7.89. The highest BCUT2D eigenvalue weighted by molar-refractivity contribution is 8.13. The maximum absolute atomic E-state index is 5.24. The summed E-state index contributed by atoms with van der Waals surface area (Å²) >= 11 is 1.62. The SMILES string of the molecule is CN=C(SC)c1ccccc1OC. The third-order valence-electron chi connectivity index (χ3n) is 1.73. The molecular formula is C10H13NOS. The van der Waals surface area contributed by atoms with Crippen molar-refractivity contribution in [2.24, 2.45) is 4.99 Å². The van der Waals surface area contributed by atoms with Gasteiger partial charge < -0.3 is 4.74 Å². The number of para-hydroxylation sites is 1. The standard InChI is InChI=1S/C10H13NOS/c1-11-10(13-3)8-6-4-5-7-9(8)12-2/h4-7H,1-3H3. The van der Waals surface area contributed by atoms with E-state index in [1.54, 1.807) is 25.9 Å². The minimum atomic E-state index is 0.873. The van der Waals surface area contributed by atoms with Crippen molar-refractivity contribution in [3.05, 3.63) is 29.8 Å². The molecule has 3 heteroatoms. The van der Waals surface area contributed by atoms with Gasteiger partial charge in [0.2, 0.25) is 0 Å². The Morgan fingerprint density at radius 3 is 2.62 bits per heavy atom. The van der Waals surface area contributed by atoms with Gasteiger partial charge in [-0.1, -0.05) is 12.1 Å². The number of thioether (sulfide) groups is 1. The molecule has 0 bridgehead atoms. The van der Waals surface area contributed by atoms with Gasteiger partial charge >= 0.3 is 0 Å². The van der Waals surface area contributed by atoms with Crippen molar-refractivity contribution in [2.45, 2.75) is 0 Å². The molecule has 1 aromatic carbocycles. The fourth-order valence-corrected chi connectivity index (χ4v) is 1.71. The van der Waals surface area contributed by atoms with E-state index in [4.69, 9.17) is 4.74 Å². The van der Waals surface area contributed by atoms with Gasteiger partial charge in [-0.25, -0.2) is 0 Å². The molecule has 1 rings (SSSR count). The molecule has 0 amide bonds. The molecule has 0 saturated heterocycles. The molecule has 0 aliphatic carbocycles. The molecule has 0 spiro atoms. The molecule has 0 N–H and O–H groups in total. The first kappa shape index (κ1) is 10.1. The normalized spacial score (nSPS) is 11.5. The predicted octanol–water partition coefficient (Wildman–Crippen LogP) is 2.43. The van der Waals surface area contributed by atoms with E-state index < -0.39 is 0 Å². The zero-order chi connectivity index (χ0) is 9.68. The summed E-state index contributed by atoms with van der Waals surface area (Å²) < 4.78 is 5.24. The third-order valence-corrected chi connectivity index (χ3v) is 2.52. The van der Waals surface area contributed by atoms with Crippen molar-refractivity contribution in [3.63, 3.8) is 0 Å². The Balaban J connectivity index is 3.12. The van der Waals surface area contributed by atoms with E-state index >= 15 is 0 Å². The minimum absolute atomic E-state index is 0.873. The predicted molar refractivity (Wildman–Crippen MR) is 59.0 cm³/mol. The average molecular weight is 195 g/mol. The first-order valence-electron chi connectivity index (χ1n) is 3.97. The first-order valence-corrected chi connectivity index (χ1v) is 5.20. The molecule has 70 valence electrons. The van der Waals surface area contributed by atoms with Crippen LogP contribution in [0, 0.1) is 0 Å². The summed E-state index contributed by atoms with van der Waals surface area (Å²) in [7, 11) is 3.46. The van der Waals surface area contributed by atoms with Crippen molar-refractivity contribution in [3.8, 4) is 5.75 Å². The van der Waals surface area contributed by atoms with Gasteiger partial charge in [0.15, 0.2) is 0 Å². The maximum Gasteiger partial charge on any atom is 0.128 e. The van der Waals surface area contributed by atoms with Crippen LogP contribution in [-0.4, -0.2) is 25.5 Å². The summed E-state index contributed by atoms with van der Waals surface area (Å²) in [5.41, 5.74) is 1.06. The van der Waals surface area contributed by atoms with Crippen LogP contribution in [-0.2, 0) is 0 Å². The molecule has 0 atom stereocenters. The topological polar surface area (TPSA) is 21.6 Å². The summed E-state index contributed by atoms with van der Waals surface area (Å²) in [4.78, 5) is 4.18. The quantitative estimate of drug-likeness (QED) is 0.534. The summed E-state index contributed by atoms with van der Waals surface area (Å²) in [5.74, 6) is 0.873. The fourth-order valence-electron chi connectivity index (χ4n) is 1.14. The Kier molecular flexibility index (Phi) is 3.83. The highest BCUT2D eigenvalue weighted by Crippen LogP contribution is 2.22. The van der Waals surface area contributed by atoms with Crippen molar-refractivity contribution < 1.29 is 4.74 Å². The summed E-state index contributed by atoms with van der Waals surface area (Å²) in [5, 5.41) is 0.998. The van der Waals surface area contributed by atoms with E-state index in [9.17, 15) is 0 Å². The van der Waals surface area contributed by atoms with Gasteiger partial charge in [-0.15, -0.1) is 11.8 Å². The largest absolute Gasteiger partial charge is 0.496 e. The Morgan fingerprint density at radius 1 is 1.38 bits per heavy atom. The Labute approximate surface area is 83.0 Å². The monoisotopic (exact) mass is 195 g/mol. The second-order valence-electron chi connectivity index (χ2n) is 2.43. The van der Waals surface area contributed by atoms with Gasteiger partial charge in [0.25, 0.3) is 0 Å². The molecule has 0 radical (unpaired) electrons. The lowest BCUT2D eigenvalue weighted by molar-refractivity contribution is 0.414. The number of nitrogens with zero attached hydrogens (tertiary/aromatic N) is 1. The summed E-state index contributed by atoms with van der Waals surface area (Å²) in [6.07, 6.45) is 2.01. The average Bonchev–Trinajstić information content (AvgIpc) is 2.20. The Bertz CT molecular complexity index is 310. The van der Waals surface area contributed by atoms with E-state index in [0.717, 1.165) is 16.4 Å². The van der Waals surface area contributed by atoms with Crippen LogP contribution >= 0.6 is 11.8 Å². The highest BCUT2D eigenvalue weighted by Gasteiger charge is 2.06. The highest BCUT2D eigenvalue weighted by atomic mass is 32.2. The lowest BCUT2D eigenvalue weighted by Gasteiger charge is -2.07. The van der Waals surface area contributed by atoms with Crippen molar-refractivity contribution in [2.75, 3.05) is 20.4 Å². The maximum atomic E-state index is 5.24. The zero-order valence-corrected chi connectivity index (χ0v) is 8.89. The second-order valence-corrected chi connectivity index (χ2v) is 3.23. The van der Waals surface area contributed by atoms with Gasteiger partial charge in [-0.2, -0.15) is 0 Å². The molecule has 0 aromatic heterocycles. The van der Waals surface area contributed by atoms with E-state index in [1.165, 1.54) is 0 Å². The molecule has 0 saturated carbocycles. The van der Waals surface area contributed by atoms with E-state index in [1.807, 2.05) is 30.5 Å². The van der Waals surface area contributed by atoms with Gasteiger partial charge in [0, 0.05) is 12.6 Å². The number of aliphatic imine (C=N–C) groups is 1. The molecule has 2 nitrogen and oxygen atoms in total. The number of methoxy groups -OCH3 is 1. The van der Waals surface area contributed by atoms with E-state index in [-0.39, 0.29) is 0 Å². The van der Waals surface area contributed by atoms with Crippen LogP contribution in [0.15, 0.2) is 29.3 Å². The Hall–Kier alpha value is -0.960. The third kappa shape index (κ3) is 2.25. The smallest absolute Gasteiger partial charge is 0.128 e. The number of ether oxygens (including phenoxy) is 1. The molecule has 13 heavy (non-hydrogen) atoms. The van der Waals surface area contributed by atoms with Gasteiger partial charge in [-0.3, -0.25) is 4.99 Å². The summed E-state index contributed by atoms with van der Waals surface area (Å²) in [6.45, 7) is 0. The lowest BCUT2D eigenvalue weighted by atomic mass is 10.2. The lowest BCUT2D eigenvalue weighted by Crippen LogP contribution is -1.98.